The molecule has 0 saturated carbocycles. The van der Waals surface area contributed by atoms with E-state index in [0.717, 1.165) is 21.8 Å². The van der Waals surface area contributed by atoms with Crippen molar-refractivity contribution in [1.29, 1.82) is 0 Å². The average Bonchev–Trinajstić information content (AvgIpc) is 2.62. The Kier molecular flexibility index (Phi) is 1.73. The van der Waals surface area contributed by atoms with Crippen LogP contribution in [0.4, 0.5) is 0 Å². The molecule has 3 rings (SSSR count). The molecule has 0 N–H and O–H groups in total. The van der Waals surface area contributed by atoms with Gasteiger partial charge in [0.2, 0.25) is 0 Å². The SMILES string of the molecule is Cn1ccc2c(Cl)nc3ccccc3c21. The highest BCUT2D eigenvalue weighted by atomic mass is 35.5. The van der Waals surface area contributed by atoms with Crippen molar-refractivity contribution >= 4 is 33.4 Å². The van der Waals surface area contributed by atoms with Crippen LogP contribution in [0.15, 0.2) is 36.5 Å². The molecule has 0 unspecified atom stereocenters. The number of fused-ring (bicyclic) bond motifs is 3. The second kappa shape index (κ2) is 2.97. The highest BCUT2D eigenvalue weighted by Gasteiger charge is 2.08. The van der Waals surface area contributed by atoms with Crippen LogP contribution in [0.2, 0.25) is 5.15 Å². The van der Waals surface area contributed by atoms with Crippen LogP contribution in [0, 0.1) is 0 Å². The molecule has 0 saturated heterocycles. The number of halogens is 1. The van der Waals surface area contributed by atoms with Gasteiger partial charge in [-0.25, -0.2) is 4.98 Å². The molecule has 74 valence electrons. The summed E-state index contributed by atoms with van der Waals surface area (Å²) in [7, 11) is 2.02. The minimum Gasteiger partial charge on any atom is -0.350 e. The normalized spacial score (nSPS) is 11.3. The van der Waals surface area contributed by atoms with Crippen molar-refractivity contribution in [3.8, 4) is 0 Å². The molecule has 0 amide bonds. The fraction of sp³-hybridized carbons (Fsp3) is 0.0833. The van der Waals surface area contributed by atoms with Crippen LogP contribution in [0.1, 0.15) is 0 Å². The van der Waals surface area contributed by atoms with E-state index in [0.29, 0.717) is 5.15 Å². The summed E-state index contributed by atoms with van der Waals surface area (Å²) in [5.41, 5.74) is 2.09. The van der Waals surface area contributed by atoms with Gasteiger partial charge in [0.15, 0.2) is 0 Å². The highest BCUT2D eigenvalue weighted by molar-refractivity contribution is 6.35. The number of aryl methyl sites for hydroxylation is 1. The first-order valence-corrected chi connectivity index (χ1v) is 5.14. The van der Waals surface area contributed by atoms with Gasteiger partial charge in [0, 0.05) is 24.0 Å². The lowest BCUT2D eigenvalue weighted by Crippen LogP contribution is -1.88. The van der Waals surface area contributed by atoms with Gasteiger partial charge in [0.1, 0.15) is 5.15 Å². The third-order valence-electron chi connectivity index (χ3n) is 2.67. The van der Waals surface area contributed by atoms with Gasteiger partial charge in [0.25, 0.3) is 0 Å². The molecule has 0 aliphatic heterocycles. The number of aromatic nitrogens is 2. The maximum Gasteiger partial charge on any atom is 0.139 e. The Morgan fingerprint density at radius 2 is 1.93 bits per heavy atom. The Hall–Kier alpha value is -1.54. The Labute approximate surface area is 92.1 Å². The van der Waals surface area contributed by atoms with Gasteiger partial charge in [-0.15, -0.1) is 0 Å². The van der Waals surface area contributed by atoms with E-state index in [-0.39, 0.29) is 0 Å². The zero-order valence-electron chi connectivity index (χ0n) is 8.24. The maximum atomic E-state index is 6.12. The minimum absolute atomic E-state index is 0.573. The Bertz CT molecular complexity index is 655. The first kappa shape index (κ1) is 8.74. The zero-order chi connectivity index (χ0) is 10.4. The predicted molar refractivity (Wildman–Crippen MR) is 63.2 cm³/mol. The quantitative estimate of drug-likeness (QED) is 0.527. The molecule has 0 spiro atoms. The smallest absolute Gasteiger partial charge is 0.139 e. The summed E-state index contributed by atoms with van der Waals surface area (Å²) in [5.74, 6) is 0. The van der Waals surface area contributed by atoms with Crippen molar-refractivity contribution in [1.82, 2.24) is 9.55 Å². The summed E-state index contributed by atoms with van der Waals surface area (Å²) in [6.45, 7) is 0. The lowest BCUT2D eigenvalue weighted by molar-refractivity contribution is 0.973. The number of benzene rings is 1. The minimum atomic E-state index is 0.573. The molecule has 0 atom stereocenters. The van der Waals surface area contributed by atoms with Crippen LogP contribution < -0.4 is 0 Å². The molecule has 15 heavy (non-hydrogen) atoms. The average molecular weight is 217 g/mol. The van der Waals surface area contributed by atoms with Gasteiger partial charge >= 0.3 is 0 Å². The van der Waals surface area contributed by atoms with Crippen molar-refractivity contribution in [3.05, 3.63) is 41.7 Å². The van der Waals surface area contributed by atoms with Crippen molar-refractivity contribution < 1.29 is 0 Å². The molecule has 2 nitrogen and oxygen atoms in total. The molecule has 0 radical (unpaired) electrons. The Balaban J connectivity index is 2.67. The number of nitrogens with zero attached hydrogens (tertiary/aromatic N) is 2. The fourth-order valence-electron chi connectivity index (χ4n) is 1.97. The van der Waals surface area contributed by atoms with Gasteiger partial charge in [-0.05, 0) is 12.1 Å². The zero-order valence-corrected chi connectivity index (χ0v) is 8.99. The van der Waals surface area contributed by atoms with Crippen molar-refractivity contribution in [2.24, 2.45) is 7.05 Å². The molecule has 3 aromatic rings. The van der Waals surface area contributed by atoms with Crippen LogP contribution in [0.25, 0.3) is 21.8 Å². The topological polar surface area (TPSA) is 17.8 Å². The van der Waals surface area contributed by atoms with E-state index >= 15 is 0 Å². The molecule has 0 bridgehead atoms. The van der Waals surface area contributed by atoms with Crippen LogP contribution in [0.3, 0.4) is 0 Å². The monoisotopic (exact) mass is 216 g/mol. The van der Waals surface area contributed by atoms with E-state index in [1.54, 1.807) is 0 Å². The number of pyridine rings is 1. The van der Waals surface area contributed by atoms with E-state index in [9.17, 15) is 0 Å². The Morgan fingerprint density at radius 3 is 2.80 bits per heavy atom. The standard InChI is InChI=1S/C12H9ClN2/c1-15-7-6-9-11(15)8-4-2-3-5-10(8)14-12(9)13/h2-7H,1H3. The Morgan fingerprint density at radius 1 is 1.13 bits per heavy atom. The van der Waals surface area contributed by atoms with Gasteiger partial charge in [-0.3, -0.25) is 0 Å². The summed E-state index contributed by atoms with van der Waals surface area (Å²) in [5, 5.41) is 2.73. The summed E-state index contributed by atoms with van der Waals surface area (Å²) in [6, 6.07) is 10.0. The molecule has 3 heteroatoms. The molecule has 0 aliphatic rings. The predicted octanol–water partition coefficient (Wildman–Crippen LogP) is 3.38. The third kappa shape index (κ3) is 1.15. The lowest BCUT2D eigenvalue weighted by atomic mass is 10.2. The molecule has 2 heterocycles. The van der Waals surface area contributed by atoms with Crippen LogP contribution in [0.5, 0.6) is 0 Å². The first-order chi connectivity index (χ1) is 7.27. The van der Waals surface area contributed by atoms with Gasteiger partial charge < -0.3 is 4.57 Å². The van der Waals surface area contributed by atoms with Crippen molar-refractivity contribution in [3.63, 3.8) is 0 Å². The second-order valence-electron chi connectivity index (χ2n) is 3.61. The van der Waals surface area contributed by atoms with Crippen molar-refractivity contribution in [2.75, 3.05) is 0 Å². The van der Waals surface area contributed by atoms with Gasteiger partial charge in [0.05, 0.1) is 11.0 Å². The summed E-state index contributed by atoms with van der Waals surface area (Å²) in [6.07, 6.45) is 2.00. The number of para-hydroxylation sites is 1. The van der Waals surface area contributed by atoms with E-state index < -0.39 is 0 Å². The largest absolute Gasteiger partial charge is 0.350 e. The van der Waals surface area contributed by atoms with E-state index in [4.69, 9.17) is 11.6 Å². The molecule has 1 aromatic carbocycles. The second-order valence-corrected chi connectivity index (χ2v) is 3.97. The summed E-state index contributed by atoms with van der Waals surface area (Å²) >= 11 is 6.12. The van der Waals surface area contributed by atoms with Crippen LogP contribution >= 0.6 is 11.6 Å². The number of hydrogen-bond acceptors (Lipinski definition) is 1. The van der Waals surface area contributed by atoms with E-state index in [1.807, 2.05) is 37.5 Å². The van der Waals surface area contributed by atoms with E-state index in [2.05, 4.69) is 15.6 Å². The fourth-order valence-corrected chi connectivity index (χ4v) is 2.21. The third-order valence-corrected chi connectivity index (χ3v) is 2.96. The lowest BCUT2D eigenvalue weighted by Gasteiger charge is -2.03. The first-order valence-electron chi connectivity index (χ1n) is 4.76. The maximum absolute atomic E-state index is 6.12. The molecular weight excluding hydrogens is 208 g/mol. The van der Waals surface area contributed by atoms with Crippen molar-refractivity contribution in [2.45, 2.75) is 0 Å². The summed E-state index contributed by atoms with van der Waals surface area (Å²) in [4.78, 5) is 4.37. The number of hydrogen-bond donors (Lipinski definition) is 0. The highest BCUT2D eigenvalue weighted by Crippen LogP contribution is 2.29. The summed E-state index contributed by atoms with van der Waals surface area (Å²) < 4.78 is 2.07. The molecule has 0 aliphatic carbocycles. The molecular formula is C12H9ClN2. The van der Waals surface area contributed by atoms with E-state index in [1.165, 1.54) is 0 Å². The van der Waals surface area contributed by atoms with Gasteiger partial charge in [-0.1, -0.05) is 29.8 Å². The van der Waals surface area contributed by atoms with Gasteiger partial charge in [-0.2, -0.15) is 0 Å². The number of rotatable bonds is 0. The molecule has 0 fully saturated rings. The molecule has 2 aromatic heterocycles. The van der Waals surface area contributed by atoms with Crippen LogP contribution in [-0.4, -0.2) is 9.55 Å². The van der Waals surface area contributed by atoms with Crippen LogP contribution in [-0.2, 0) is 7.05 Å².